The van der Waals surface area contributed by atoms with Gasteiger partial charge >= 0.3 is 0 Å². The first kappa shape index (κ1) is 19.2. The highest BCUT2D eigenvalue weighted by molar-refractivity contribution is 6.74. The molecule has 4 heteroatoms. The van der Waals surface area contributed by atoms with Crippen LogP contribution in [0.1, 0.15) is 58.1 Å². The number of hydrogen-bond donors (Lipinski definition) is 0. The zero-order chi connectivity index (χ0) is 18.0. The summed E-state index contributed by atoms with van der Waals surface area (Å²) in [6, 6.07) is 8.03. The van der Waals surface area contributed by atoms with Crippen LogP contribution in [0.15, 0.2) is 24.3 Å². The Morgan fingerprint density at radius 1 is 1.12 bits per heavy atom. The second-order valence-corrected chi connectivity index (χ2v) is 13.1. The van der Waals surface area contributed by atoms with Gasteiger partial charge in [-0.05, 0) is 48.7 Å². The molecule has 0 bridgehead atoms. The summed E-state index contributed by atoms with van der Waals surface area (Å²) in [5.74, 6) is 1.18. The summed E-state index contributed by atoms with van der Waals surface area (Å²) in [5.41, 5.74) is 1.10. The van der Waals surface area contributed by atoms with Gasteiger partial charge in [-0.3, -0.25) is 4.79 Å². The van der Waals surface area contributed by atoms with Crippen LogP contribution in [0.2, 0.25) is 18.1 Å². The van der Waals surface area contributed by atoms with Crippen molar-refractivity contribution >= 4 is 14.1 Å². The number of Topliss-reactive ketones (excluding diaryl/α,β-unsaturated/α-hetero) is 1. The van der Waals surface area contributed by atoms with Gasteiger partial charge in [0.15, 0.2) is 8.32 Å². The van der Waals surface area contributed by atoms with E-state index in [0.717, 1.165) is 30.6 Å². The van der Waals surface area contributed by atoms with Gasteiger partial charge in [-0.15, -0.1) is 0 Å². The molecule has 0 N–H and O–H groups in total. The smallest absolute Gasteiger partial charge is 0.192 e. The maximum atomic E-state index is 12.6. The predicted octanol–water partition coefficient (Wildman–Crippen LogP) is 5.52. The van der Waals surface area contributed by atoms with Crippen molar-refractivity contribution in [2.75, 3.05) is 7.11 Å². The Kier molecular flexibility index (Phi) is 5.92. The van der Waals surface area contributed by atoms with Crippen LogP contribution in [0.25, 0.3) is 0 Å². The SMILES string of the molecule is COc1ccc(C(O[Si](C)(C)C(C)(C)C)C2CCCCC2=O)cc1. The number of ether oxygens (including phenoxy) is 1. The lowest BCUT2D eigenvalue weighted by Gasteiger charge is -2.42. The van der Waals surface area contributed by atoms with Crippen LogP contribution in [0.5, 0.6) is 5.75 Å². The fourth-order valence-corrected chi connectivity index (χ4v) is 4.29. The Hall–Kier alpha value is -1.13. The van der Waals surface area contributed by atoms with Gasteiger partial charge in [0.2, 0.25) is 0 Å². The van der Waals surface area contributed by atoms with Crippen molar-refractivity contribution in [3.05, 3.63) is 29.8 Å². The Morgan fingerprint density at radius 3 is 2.25 bits per heavy atom. The van der Waals surface area contributed by atoms with E-state index in [1.807, 2.05) is 12.1 Å². The Balaban J connectivity index is 2.35. The van der Waals surface area contributed by atoms with Gasteiger partial charge in [0, 0.05) is 12.3 Å². The average Bonchev–Trinajstić information content (AvgIpc) is 2.52. The van der Waals surface area contributed by atoms with Crippen molar-refractivity contribution in [3.8, 4) is 5.75 Å². The van der Waals surface area contributed by atoms with E-state index >= 15 is 0 Å². The molecule has 1 fully saturated rings. The molecular weight excluding hydrogens is 316 g/mol. The highest BCUT2D eigenvalue weighted by Crippen LogP contribution is 2.44. The van der Waals surface area contributed by atoms with Crippen LogP contribution in [0.3, 0.4) is 0 Å². The molecule has 2 rings (SSSR count). The van der Waals surface area contributed by atoms with Crippen LogP contribution in [-0.4, -0.2) is 21.2 Å². The fraction of sp³-hybridized carbons (Fsp3) is 0.650. The fourth-order valence-electron chi connectivity index (χ4n) is 3.00. The standard InChI is InChI=1S/C20H32O3Si/c1-20(2,3)24(5,6)23-19(17-9-7-8-10-18(17)21)15-11-13-16(22-4)14-12-15/h11-14,17,19H,7-10H2,1-6H3. The molecule has 0 aromatic heterocycles. The second kappa shape index (κ2) is 7.40. The third-order valence-electron chi connectivity index (χ3n) is 5.64. The summed E-state index contributed by atoms with van der Waals surface area (Å²) < 4.78 is 12.0. The van der Waals surface area contributed by atoms with E-state index in [2.05, 4.69) is 46.0 Å². The Morgan fingerprint density at radius 2 is 1.75 bits per heavy atom. The van der Waals surface area contributed by atoms with Gasteiger partial charge in [-0.2, -0.15) is 0 Å². The molecule has 1 aliphatic rings. The molecule has 1 aromatic rings. The molecule has 0 spiro atoms. The molecule has 3 nitrogen and oxygen atoms in total. The third kappa shape index (κ3) is 4.28. The topological polar surface area (TPSA) is 35.5 Å². The highest BCUT2D eigenvalue weighted by atomic mass is 28.4. The number of ketones is 1. The Bertz CT molecular complexity index is 557. The van der Waals surface area contributed by atoms with Crippen LogP contribution >= 0.6 is 0 Å². The van der Waals surface area contributed by atoms with E-state index in [1.165, 1.54) is 0 Å². The molecule has 0 radical (unpaired) electrons. The van der Waals surface area contributed by atoms with Gasteiger partial charge in [-0.1, -0.05) is 39.3 Å². The van der Waals surface area contributed by atoms with Gasteiger partial charge in [0.25, 0.3) is 0 Å². The minimum Gasteiger partial charge on any atom is -0.497 e. The lowest BCUT2D eigenvalue weighted by Crippen LogP contribution is -2.44. The number of carbonyl (C=O) groups excluding carboxylic acids is 1. The summed E-state index contributed by atoms with van der Waals surface area (Å²) in [6.07, 6.45) is 3.63. The first-order chi connectivity index (χ1) is 11.2. The normalized spacial score (nSPS) is 20.8. The van der Waals surface area contributed by atoms with Crippen molar-refractivity contribution < 1.29 is 14.0 Å². The van der Waals surface area contributed by atoms with Crippen molar-refractivity contribution in [2.45, 2.75) is 70.7 Å². The van der Waals surface area contributed by atoms with E-state index in [-0.39, 0.29) is 17.1 Å². The quantitative estimate of drug-likeness (QED) is 0.657. The highest BCUT2D eigenvalue weighted by Gasteiger charge is 2.42. The summed E-state index contributed by atoms with van der Waals surface area (Å²) >= 11 is 0. The first-order valence-corrected chi connectivity index (χ1v) is 11.9. The van der Waals surface area contributed by atoms with Crippen LogP contribution in [0, 0.1) is 5.92 Å². The molecule has 134 valence electrons. The van der Waals surface area contributed by atoms with Gasteiger partial charge in [-0.25, -0.2) is 0 Å². The number of benzene rings is 1. The van der Waals surface area contributed by atoms with E-state index < -0.39 is 8.32 Å². The zero-order valence-corrected chi connectivity index (χ0v) is 17.0. The average molecular weight is 349 g/mol. The number of carbonyl (C=O) groups is 1. The molecule has 0 saturated heterocycles. The minimum absolute atomic E-state index is 0.0127. The van der Waals surface area contributed by atoms with E-state index in [9.17, 15) is 4.79 Å². The summed E-state index contributed by atoms with van der Waals surface area (Å²) in [6.45, 7) is 11.3. The van der Waals surface area contributed by atoms with Crippen molar-refractivity contribution in [3.63, 3.8) is 0 Å². The number of methoxy groups -OCH3 is 1. The monoisotopic (exact) mass is 348 g/mol. The molecular formula is C20H32O3Si. The molecule has 2 unspecified atom stereocenters. The van der Waals surface area contributed by atoms with Crippen LogP contribution < -0.4 is 4.74 Å². The maximum Gasteiger partial charge on any atom is 0.192 e. The van der Waals surface area contributed by atoms with Crippen LogP contribution in [-0.2, 0) is 9.22 Å². The third-order valence-corrected chi connectivity index (χ3v) is 10.1. The molecule has 0 aliphatic heterocycles. The van der Waals surface area contributed by atoms with Gasteiger partial charge < -0.3 is 9.16 Å². The molecule has 2 atom stereocenters. The zero-order valence-electron chi connectivity index (χ0n) is 16.0. The van der Waals surface area contributed by atoms with Crippen molar-refractivity contribution in [1.82, 2.24) is 0 Å². The molecule has 0 heterocycles. The predicted molar refractivity (Wildman–Crippen MR) is 101 cm³/mol. The molecule has 1 saturated carbocycles. The van der Waals surface area contributed by atoms with Gasteiger partial charge in [0.05, 0.1) is 13.2 Å². The largest absolute Gasteiger partial charge is 0.497 e. The minimum atomic E-state index is -1.97. The molecule has 24 heavy (non-hydrogen) atoms. The molecule has 1 aliphatic carbocycles. The van der Waals surface area contributed by atoms with Crippen molar-refractivity contribution in [2.24, 2.45) is 5.92 Å². The molecule has 0 amide bonds. The van der Waals surface area contributed by atoms with Crippen molar-refractivity contribution in [1.29, 1.82) is 0 Å². The van der Waals surface area contributed by atoms with E-state index in [1.54, 1.807) is 7.11 Å². The number of hydrogen-bond acceptors (Lipinski definition) is 3. The first-order valence-electron chi connectivity index (χ1n) is 9.00. The van der Waals surface area contributed by atoms with Crippen LogP contribution in [0.4, 0.5) is 0 Å². The summed E-state index contributed by atoms with van der Waals surface area (Å²) in [4.78, 5) is 12.6. The van der Waals surface area contributed by atoms with E-state index in [4.69, 9.17) is 9.16 Å². The summed E-state index contributed by atoms with van der Waals surface area (Å²) in [5, 5.41) is 0.120. The molecule has 1 aromatic carbocycles. The lowest BCUT2D eigenvalue weighted by atomic mass is 9.82. The second-order valence-electron chi connectivity index (χ2n) is 8.39. The maximum absolute atomic E-state index is 12.6. The van der Waals surface area contributed by atoms with E-state index in [0.29, 0.717) is 12.2 Å². The Labute approximate surface area is 147 Å². The number of rotatable bonds is 5. The van der Waals surface area contributed by atoms with Gasteiger partial charge in [0.1, 0.15) is 11.5 Å². The lowest BCUT2D eigenvalue weighted by molar-refractivity contribution is -0.128. The summed E-state index contributed by atoms with van der Waals surface area (Å²) in [7, 11) is -0.300.